The smallest absolute Gasteiger partial charge is 0.00793 e. The molecule has 0 heterocycles. The topological polar surface area (TPSA) is 29.3 Å². The summed E-state index contributed by atoms with van der Waals surface area (Å²) in [5.74, 6) is 2.36. The summed E-state index contributed by atoms with van der Waals surface area (Å²) in [6.07, 6.45) is 7.96. The quantitative estimate of drug-likeness (QED) is 0.723. The van der Waals surface area contributed by atoms with E-state index in [-0.39, 0.29) is 0 Å². The lowest BCUT2D eigenvalue weighted by Crippen LogP contribution is -2.42. The summed E-state index contributed by atoms with van der Waals surface area (Å²) >= 11 is 0. The average Bonchev–Trinajstić information content (AvgIpc) is 2.34. The van der Waals surface area contributed by atoms with Crippen molar-refractivity contribution in [3.8, 4) is 0 Å². The third kappa shape index (κ3) is 7.31. The van der Waals surface area contributed by atoms with Crippen LogP contribution in [0.4, 0.5) is 0 Å². The number of rotatable bonds is 8. The highest BCUT2D eigenvalue weighted by Crippen LogP contribution is 2.24. The second-order valence-corrected chi connectivity index (χ2v) is 7.37. The van der Waals surface area contributed by atoms with Gasteiger partial charge in [-0.05, 0) is 56.5 Å². The first kappa shape index (κ1) is 17.0. The summed E-state index contributed by atoms with van der Waals surface area (Å²) in [4.78, 5) is 2.69. The summed E-state index contributed by atoms with van der Waals surface area (Å²) < 4.78 is 0. The van der Waals surface area contributed by atoms with Crippen LogP contribution in [0, 0.1) is 17.8 Å². The Morgan fingerprint density at radius 3 is 1.95 bits per heavy atom. The lowest BCUT2D eigenvalue weighted by atomic mass is 9.84. The zero-order valence-electron chi connectivity index (χ0n) is 13.7. The van der Waals surface area contributed by atoms with E-state index in [0.717, 1.165) is 17.8 Å². The fourth-order valence-electron chi connectivity index (χ4n) is 2.97. The second kappa shape index (κ2) is 8.97. The maximum absolute atomic E-state index is 6.31. The molecule has 2 atom stereocenters. The molecule has 0 saturated heterocycles. The van der Waals surface area contributed by atoms with Crippen molar-refractivity contribution in [3.63, 3.8) is 0 Å². The summed E-state index contributed by atoms with van der Waals surface area (Å²) in [7, 11) is 0. The molecule has 0 spiro atoms. The molecule has 0 aromatic heterocycles. The second-order valence-electron chi connectivity index (χ2n) is 7.37. The SMILES string of the molecule is CC(C)CCN(CCC(C)C)CC1CCCCC1N. The molecule has 19 heavy (non-hydrogen) atoms. The van der Waals surface area contributed by atoms with Gasteiger partial charge in [-0.1, -0.05) is 40.5 Å². The molecule has 0 amide bonds. The Kier molecular flexibility index (Phi) is 8.01. The predicted molar refractivity (Wildman–Crippen MR) is 85.3 cm³/mol. The van der Waals surface area contributed by atoms with E-state index in [4.69, 9.17) is 5.73 Å². The van der Waals surface area contributed by atoms with E-state index in [9.17, 15) is 0 Å². The van der Waals surface area contributed by atoms with Gasteiger partial charge in [0.15, 0.2) is 0 Å². The first-order chi connectivity index (χ1) is 8.99. The monoisotopic (exact) mass is 268 g/mol. The molecule has 2 N–H and O–H groups in total. The zero-order chi connectivity index (χ0) is 14.3. The van der Waals surface area contributed by atoms with E-state index >= 15 is 0 Å². The van der Waals surface area contributed by atoms with Gasteiger partial charge in [0.25, 0.3) is 0 Å². The van der Waals surface area contributed by atoms with Crippen molar-refractivity contribution in [1.82, 2.24) is 4.90 Å². The van der Waals surface area contributed by atoms with Crippen molar-refractivity contribution in [2.24, 2.45) is 23.5 Å². The molecule has 1 fully saturated rings. The highest BCUT2D eigenvalue weighted by molar-refractivity contribution is 4.80. The summed E-state index contributed by atoms with van der Waals surface area (Å²) in [5, 5.41) is 0. The molecular formula is C17H36N2. The molecule has 1 aliphatic carbocycles. The molecule has 0 aromatic carbocycles. The van der Waals surface area contributed by atoms with Gasteiger partial charge in [0.1, 0.15) is 0 Å². The number of nitrogens with zero attached hydrogens (tertiary/aromatic N) is 1. The number of nitrogens with two attached hydrogens (primary N) is 1. The van der Waals surface area contributed by atoms with Crippen molar-refractivity contribution in [3.05, 3.63) is 0 Å². The van der Waals surface area contributed by atoms with E-state index in [0.29, 0.717) is 6.04 Å². The minimum Gasteiger partial charge on any atom is -0.327 e. The molecule has 0 aromatic rings. The Labute approximate surface area is 121 Å². The van der Waals surface area contributed by atoms with Crippen LogP contribution in [-0.2, 0) is 0 Å². The molecule has 0 aliphatic heterocycles. The maximum Gasteiger partial charge on any atom is 0.00793 e. The number of hydrogen-bond donors (Lipinski definition) is 1. The minimum absolute atomic E-state index is 0.453. The molecule has 1 saturated carbocycles. The Balaban J connectivity index is 2.41. The Morgan fingerprint density at radius 2 is 1.47 bits per heavy atom. The standard InChI is InChI=1S/C17H36N2/c1-14(2)9-11-19(12-10-15(3)4)13-16-7-5-6-8-17(16)18/h14-17H,5-13,18H2,1-4H3. The lowest BCUT2D eigenvalue weighted by molar-refractivity contribution is 0.171. The fraction of sp³-hybridized carbons (Fsp3) is 1.00. The molecule has 1 rings (SSSR count). The van der Waals surface area contributed by atoms with Crippen molar-refractivity contribution in [2.45, 2.75) is 72.3 Å². The van der Waals surface area contributed by atoms with Crippen LogP contribution in [0.2, 0.25) is 0 Å². The molecular weight excluding hydrogens is 232 g/mol. The maximum atomic E-state index is 6.31. The first-order valence-corrected chi connectivity index (χ1v) is 8.47. The summed E-state index contributed by atoms with van der Waals surface area (Å²) in [6, 6.07) is 0.453. The highest BCUT2D eigenvalue weighted by atomic mass is 15.1. The van der Waals surface area contributed by atoms with Gasteiger partial charge < -0.3 is 10.6 Å². The van der Waals surface area contributed by atoms with E-state index < -0.39 is 0 Å². The predicted octanol–water partition coefficient (Wildman–Crippen LogP) is 3.90. The Hall–Kier alpha value is -0.0800. The third-order valence-corrected chi connectivity index (χ3v) is 4.51. The highest BCUT2D eigenvalue weighted by Gasteiger charge is 2.23. The summed E-state index contributed by atoms with van der Waals surface area (Å²) in [6.45, 7) is 13.1. The van der Waals surface area contributed by atoms with Gasteiger partial charge in [-0.3, -0.25) is 0 Å². The van der Waals surface area contributed by atoms with Crippen molar-refractivity contribution in [2.75, 3.05) is 19.6 Å². The largest absolute Gasteiger partial charge is 0.327 e. The molecule has 2 heteroatoms. The van der Waals surface area contributed by atoms with Crippen molar-refractivity contribution < 1.29 is 0 Å². The van der Waals surface area contributed by atoms with Crippen LogP contribution < -0.4 is 5.73 Å². The number of hydrogen-bond acceptors (Lipinski definition) is 2. The van der Waals surface area contributed by atoms with E-state index in [1.165, 1.54) is 58.2 Å². The normalized spacial score (nSPS) is 24.6. The van der Waals surface area contributed by atoms with Gasteiger partial charge in [0, 0.05) is 12.6 Å². The molecule has 114 valence electrons. The van der Waals surface area contributed by atoms with Crippen molar-refractivity contribution >= 4 is 0 Å². The zero-order valence-corrected chi connectivity index (χ0v) is 13.7. The van der Waals surface area contributed by atoms with E-state index in [1.807, 2.05) is 0 Å². The van der Waals surface area contributed by atoms with Gasteiger partial charge in [-0.2, -0.15) is 0 Å². The van der Waals surface area contributed by atoms with Crippen LogP contribution in [0.25, 0.3) is 0 Å². The molecule has 0 bridgehead atoms. The molecule has 2 nitrogen and oxygen atoms in total. The summed E-state index contributed by atoms with van der Waals surface area (Å²) in [5.41, 5.74) is 6.31. The van der Waals surface area contributed by atoms with Crippen LogP contribution in [0.5, 0.6) is 0 Å². The van der Waals surface area contributed by atoms with E-state index in [1.54, 1.807) is 0 Å². The van der Waals surface area contributed by atoms with Gasteiger partial charge in [-0.25, -0.2) is 0 Å². The van der Waals surface area contributed by atoms with Crippen LogP contribution in [0.15, 0.2) is 0 Å². The van der Waals surface area contributed by atoms with Crippen LogP contribution in [0.1, 0.15) is 66.2 Å². The minimum atomic E-state index is 0.453. The third-order valence-electron chi connectivity index (χ3n) is 4.51. The lowest BCUT2D eigenvalue weighted by Gasteiger charge is -2.34. The fourth-order valence-corrected chi connectivity index (χ4v) is 2.97. The van der Waals surface area contributed by atoms with Gasteiger partial charge >= 0.3 is 0 Å². The van der Waals surface area contributed by atoms with Crippen molar-refractivity contribution in [1.29, 1.82) is 0 Å². The van der Waals surface area contributed by atoms with Crippen LogP contribution in [0.3, 0.4) is 0 Å². The Bertz CT molecular complexity index is 213. The van der Waals surface area contributed by atoms with E-state index in [2.05, 4.69) is 32.6 Å². The van der Waals surface area contributed by atoms with Gasteiger partial charge in [0.2, 0.25) is 0 Å². The van der Waals surface area contributed by atoms with Gasteiger partial charge in [-0.15, -0.1) is 0 Å². The molecule has 1 aliphatic rings. The van der Waals surface area contributed by atoms with Crippen LogP contribution in [-0.4, -0.2) is 30.6 Å². The molecule has 2 unspecified atom stereocenters. The van der Waals surface area contributed by atoms with Crippen LogP contribution >= 0.6 is 0 Å². The molecule has 0 radical (unpaired) electrons. The average molecular weight is 268 g/mol. The Morgan fingerprint density at radius 1 is 0.947 bits per heavy atom. The first-order valence-electron chi connectivity index (χ1n) is 8.47. The van der Waals surface area contributed by atoms with Gasteiger partial charge in [0.05, 0.1) is 0 Å².